The molecule has 32 nitrogen and oxygen atoms in total. The van der Waals surface area contributed by atoms with Crippen molar-refractivity contribution in [2.45, 2.75) is 59.8 Å². The summed E-state index contributed by atoms with van der Waals surface area (Å²) in [7, 11) is 3.17. The number of benzene rings is 8. The minimum atomic E-state index is -0.706. The van der Waals surface area contributed by atoms with Crippen LogP contribution < -0.4 is 53.4 Å². The summed E-state index contributed by atoms with van der Waals surface area (Å²) in [5.74, 6) is -0.738. The average Bonchev–Trinajstić information content (AvgIpc) is 1.62. The van der Waals surface area contributed by atoms with Crippen LogP contribution in [0, 0.1) is 24.3 Å². The number of azo groups is 2. The maximum atomic E-state index is 14.1. The molecular formula is C84H74I3N18O14V-. The Balaban J connectivity index is 0.000000205. The molecular weight excluding hydrogens is 1920 g/mol. The van der Waals surface area contributed by atoms with Crippen molar-refractivity contribution in [1.29, 1.82) is 0 Å². The summed E-state index contributed by atoms with van der Waals surface area (Å²) in [6.45, 7) is 9.27. The van der Waals surface area contributed by atoms with Gasteiger partial charge >= 0.3 is 62.6 Å². The van der Waals surface area contributed by atoms with Crippen LogP contribution in [0.2, 0.25) is 0 Å². The second kappa shape index (κ2) is 38.9. The van der Waals surface area contributed by atoms with E-state index in [1.807, 2.05) is 93.6 Å². The molecule has 16 rings (SSSR count). The molecule has 0 spiro atoms. The number of esters is 1. The van der Waals surface area contributed by atoms with Crippen molar-refractivity contribution in [3.63, 3.8) is 0 Å². The summed E-state index contributed by atoms with van der Waals surface area (Å²) in [6.07, 6.45) is 3.34. The predicted molar refractivity (Wildman–Crippen MR) is 451 cm³/mol. The third kappa shape index (κ3) is 18.2. The van der Waals surface area contributed by atoms with E-state index >= 15 is 0 Å². The maximum Gasteiger partial charge on any atom is 0.373 e. The summed E-state index contributed by atoms with van der Waals surface area (Å²) in [5, 5.41) is 55.7. The molecule has 12 aromatic rings. The van der Waals surface area contributed by atoms with Crippen LogP contribution in [-0.2, 0) is 69.8 Å². The van der Waals surface area contributed by atoms with Crippen LogP contribution >= 0.6 is 37.2 Å². The zero-order valence-electron chi connectivity index (χ0n) is 65.2. The van der Waals surface area contributed by atoms with E-state index in [9.17, 15) is 44.0 Å². The van der Waals surface area contributed by atoms with Crippen LogP contribution in [0.3, 0.4) is 0 Å². The molecule has 611 valence electrons. The van der Waals surface area contributed by atoms with E-state index in [-0.39, 0.29) is 89.9 Å². The number of methoxy groups -OCH3 is 2. The molecule has 0 saturated heterocycles. The Labute approximate surface area is 728 Å². The molecule has 0 fully saturated rings. The number of halogens is 3. The van der Waals surface area contributed by atoms with Crippen molar-refractivity contribution in [1.82, 2.24) is 39.1 Å². The number of aryl methyl sites for hydroxylation is 3. The number of amides is 6. The molecule has 3 N–H and O–H groups in total. The van der Waals surface area contributed by atoms with Gasteiger partial charge in [-0.2, -0.15) is 24.9 Å². The Bertz CT molecular complexity index is 5940. The van der Waals surface area contributed by atoms with Crippen molar-refractivity contribution >= 4 is 137 Å². The Hall–Kier alpha value is -12.6. The number of nitrogens with two attached hydrogens (primary N) is 1. The normalized spacial score (nSPS) is 13.5. The predicted octanol–water partition coefficient (Wildman–Crippen LogP) is 11.0. The number of hydrogen-bond acceptors (Lipinski definition) is 20. The Morgan fingerprint density at radius 3 is 1.16 bits per heavy atom. The number of primary amides is 1. The van der Waals surface area contributed by atoms with Gasteiger partial charge in [0.1, 0.15) is 45.6 Å². The first-order valence-corrected chi connectivity index (χ1v) is 49.7. The topological polar surface area (TPSA) is 380 Å². The largest absolute Gasteiger partial charge is 0.373 e. The molecule has 4 aromatic heterocycles. The number of fused-ring (bicyclic) bond motifs is 4. The first-order chi connectivity index (χ1) is 57.7. The second-order valence-corrected chi connectivity index (χ2v) is 43.2. The second-order valence-electron chi connectivity index (χ2n) is 27.0. The number of anilines is 5. The van der Waals surface area contributed by atoms with Gasteiger partial charge in [-0.1, -0.05) is 52.0 Å². The third-order valence-corrected chi connectivity index (χ3v) is 20.1. The van der Waals surface area contributed by atoms with Crippen LogP contribution in [-0.4, -0.2) is 144 Å². The van der Waals surface area contributed by atoms with E-state index in [4.69, 9.17) is 34.6 Å². The summed E-state index contributed by atoms with van der Waals surface area (Å²) in [6, 6.07) is 56.1. The van der Waals surface area contributed by atoms with Gasteiger partial charge in [-0.3, -0.25) is 28.8 Å². The van der Waals surface area contributed by atoms with Crippen LogP contribution in [0.25, 0.3) is 22.7 Å². The van der Waals surface area contributed by atoms with E-state index in [1.165, 1.54) is 14.0 Å². The van der Waals surface area contributed by atoms with E-state index < -0.39 is 11.9 Å². The van der Waals surface area contributed by atoms with Crippen molar-refractivity contribution in [3.05, 3.63) is 278 Å². The standard InChI is InChI=1S/C43H40N8O6.C40H34N10O6.CO2.I3.V/c1-5-37-35-23-25-47(41(52)39(35)49(45-37)32-19-21-34(56-4)22-20-32)29-13-9-28(10-14-29)44-51(55)33-17-15-30(16-18-33)48-26-24-36-38(43(54)57-6-2)46-50(40(36)42(48)53)31-11-7-27(3)8-12-31;1-24-3-7-28(8-4-24)48-35-32(34(44-48)37(41)52)19-21-46(39(35)53)27-11-13-30(14-12-27)50(55)43-25-5-9-26(10-6-25)47-22-20-33-36(40(47)54)49(45-38(33)42-23-51)29-15-17-31(56-2)18-16-29;2-1-3;1-3-2;/h7-22H,5-6,23-26H2,1-4H3;3-18,23H,19-22H2,1-2H3,(H2,41,52)(H,42,45,51);;;/q;;;-1;. The monoisotopic (exact) mass is 1990 g/mol. The molecule has 6 amide bonds. The van der Waals surface area contributed by atoms with E-state index in [0.717, 1.165) is 28.1 Å². The Morgan fingerprint density at radius 1 is 0.492 bits per heavy atom. The number of nitrogens with zero attached hydrogens (tertiary/aromatic N) is 16. The SMILES string of the molecule is CCOC(=O)c1nn(-c2ccc(C)cc2)c2c1CCN(c1ccc([N+]([O-])=Nc3ccc(N4CCc5c(CC)nn(-c6ccc(OC)cc6)c5C4=O)cc3)cc1)C2=O.COc1ccc(-n2nc(NC=O)c3c2C(=O)N(c2ccc(N=[N+]([O-])c4ccc(N5CCc6c(C(N)=O)nn(-c7ccc(C)cc7)c6C5=O)cc4)cc2)CC3)cc1.I[I-]I.O=C=O.[V]. The van der Waals surface area contributed by atoms with Gasteiger partial charge in [-0.15, -0.1) is 5.10 Å². The van der Waals surface area contributed by atoms with Crippen LogP contribution in [0.5, 0.6) is 11.5 Å². The molecule has 8 heterocycles. The van der Waals surface area contributed by atoms with Crippen molar-refractivity contribution in [3.8, 4) is 34.2 Å². The maximum absolute atomic E-state index is 14.1. The number of carbonyl (C=O) groups excluding carboxylic acids is 9. The number of hydrogen-bond donors (Lipinski definition) is 2. The smallest absolute Gasteiger partial charge is 0.186 e. The number of ether oxygens (including phenoxy) is 3. The van der Waals surface area contributed by atoms with Gasteiger partial charge < -0.3 is 55.3 Å². The Morgan fingerprint density at radius 2 is 0.800 bits per heavy atom. The fourth-order valence-electron chi connectivity index (χ4n) is 14.3. The number of rotatable bonds is 20. The van der Waals surface area contributed by atoms with E-state index in [1.54, 1.807) is 167 Å². The van der Waals surface area contributed by atoms with Gasteiger partial charge in [0.15, 0.2) is 17.2 Å². The zero-order chi connectivity index (χ0) is 84.3. The fraction of sp³-hybridized carbons (Fsp3) is 0.190. The average molecular weight is 1990 g/mol. The van der Waals surface area contributed by atoms with Crippen molar-refractivity contribution in [2.75, 3.05) is 71.9 Å². The summed E-state index contributed by atoms with van der Waals surface area (Å²) >= 11 is 5.30. The molecule has 36 heteroatoms. The zero-order valence-corrected chi connectivity index (χ0v) is 73.0. The molecule has 4 aliphatic heterocycles. The van der Waals surface area contributed by atoms with Gasteiger partial charge in [0.25, 0.3) is 29.5 Å². The van der Waals surface area contributed by atoms with Crippen LogP contribution in [0.1, 0.15) is 116 Å². The van der Waals surface area contributed by atoms with Gasteiger partial charge in [0.2, 0.25) is 17.8 Å². The van der Waals surface area contributed by atoms with Gasteiger partial charge in [0, 0.05) is 124 Å². The summed E-state index contributed by atoms with van der Waals surface area (Å²) in [5.41, 5.74) is 19.2. The third-order valence-electron chi connectivity index (χ3n) is 20.1. The molecule has 120 heavy (non-hydrogen) atoms. The van der Waals surface area contributed by atoms with E-state index in [2.05, 4.69) is 68.1 Å². The first kappa shape index (κ1) is 86.8. The van der Waals surface area contributed by atoms with Gasteiger partial charge in [-0.25, -0.2) is 23.5 Å². The molecule has 0 aliphatic carbocycles. The molecule has 0 saturated carbocycles. The molecule has 0 bridgehead atoms. The Kier molecular flexibility index (Phi) is 28.1. The van der Waals surface area contributed by atoms with Crippen molar-refractivity contribution in [2.24, 2.45) is 16.0 Å². The van der Waals surface area contributed by atoms with Gasteiger partial charge in [-0.05, 0) is 198 Å². The fourth-order valence-corrected chi connectivity index (χ4v) is 14.3. The molecule has 8 aromatic carbocycles. The number of aromatic nitrogens is 8. The number of nitrogens with one attached hydrogen (secondary N) is 1. The van der Waals surface area contributed by atoms with E-state index in [0.29, 0.717) is 183 Å². The summed E-state index contributed by atoms with van der Waals surface area (Å²) < 4.78 is 22.0. The molecule has 4 aliphatic rings. The summed E-state index contributed by atoms with van der Waals surface area (Å²) in [4.78, 5) is 116. The quantitative estimate of drug-likeness (QED) is 0.0179. The van der Waals surface area contributed by atoms with Crippen molar-refractivity contribution < 1.29 is 98.9 Å². The van der Waals surface area contributed by atoms with Gasteiger partial charge in [0.05, 0.1) is 49.3 Å². The van der Waals surface area contributed by atoms with Crippen LogP contribution in [0.15, 0.2) is 204 Å². The minimum Gasteiger partial charge on any atom is -0.186 e. The molecule has 0 atom stereocenters. The minimum absolute atomic E-state index is 0. The first-order valence-electron chi connectivity index (χ1n) is 37.1. The van der Waals surface area contributed by atoms with Crippen LogP contribution in [0.4, 0.5) is 51.3 Å². The molecule has 1 radical (unpaired) electrons. The molecule has 0 unspecified atom stereocenters. The number of carbonyl (C=O) groups is 7.